The average molecular weight is 208 g/mol. The molecule has 1 atom stereocenters. The maximum absolute atomic E-state index is 6.09. The highest BCUT2D eigenvalue weighted by atomic mass is 15.3. The summed E-state index contributed by atoms with van der Waals surface area (Å²) in [6.07, 6.45) is 5.09. The van der Waals surface area contributed by atoms with Crippen LogP contribution in [-0.4, -0.2) is 20.8 Å². The van der Waals surface area contributed by atoms with E-state index in [1.54, 1.807) is 6.33 Å². The zero-order valence-corrected chi connectivity index (χ0v) is 9.56. The van der Waals surface area contributed by atoms with E-state index < -0.39 is 0 Å². The Hall–Kier alpha value is -0.900. The minimum Gasteiger partial charge on any atom is -0.327 e. The first-order valence-corrected chi connectivity index (χ1v) is 5.79. The van der Waals surface area contributed by atoms with Crippen molar-refractivity contribution in [3.05, 3.63) is 12.2 Å². The van der Waals surface area contributed by atoms with Gasteiger partial charge in [-0.05, 0) is 24.7 Å². The molecule has 1 aliphatic rings. The Labute approximate surface area is 90.9 Å². The van der Waals surface area contributed by atoms with Crippen molar-refractivity contribution in [1.82, 2.24) is 14.8 Å². The fourth-order valence-electron chi connectivity index (χ4n) is 1.85. The van der Waals surface area contributed by atoms with Crippen LogP contribution in [0.25, 0.3) is 0 Å². The minimum absolute atomic E-state index is 0.278. The summed E-state index contributed by atoms with van der Waals surface area (Å²) in [4.78, 5) is 4.29. The Morgan fingerprint density at radius 2 is 2.27 bits per heavy atom. The van der Waals surface area contributed by atoms with E-state index in [4.69, 9.17) is 5.73 Å². The zero-order valence-electron chi connectivity index (χ0n) is 9.56. The van der Waals surface area contributed by atoms with Crippen LogP contribution in [0.4, 0.5) is 0 Å². The van der Waals surface area contributed by atoms with Crippen molar-refractivity contribution in [2.24, 2.45) is 17.6 Å². The summed E-state index contributed by atoms with van der Waals surface area (Å²) in [5.41, 5.74) is 6.09. The van der Waals surface area contributed by atoms with Gasteiger partial charge in [-0.3, -0.25) is 0 Å². The van der Waals surface area contributed by atoms with Gasteiger partial charge in [0.15, 0.2) is 0 Å². The monoisotopic (exact) mass is 208 g/mol. The Kier molecular flexibility index (Phi) is 3.05. The lowest BCUT2D eigenvalue weighted by Crippen LogP contribution is -2.27. The van der Waals surface area contributed by atoms with Gasteiger partial charge in [0.2, 0.25) is 0 Å². The van der Waals surface area contributed by atoms with Crippen LogP contribution in [-0.2, 0) is 13.0 Å². The summed E-state index contributed by atoms with van der Waals surface area (Å²) in [6.45, 7) is 5.31. The van der Waals surface area contributed by atoms with Crippen molar-refractivity contribution < 1.29 is 0 Å². The predicted molar refractivity (Wildman–Crippen MR) is 59.3 cm³/mol. The number of nitrogens with zero attached hydrogens (tertiary/aromatic N) is 3. The van der Waals surface area contributed by atoms with E-state index in [-0.39, 0.29) is 6.04 Å². The second kappa shape index (κ2) is 4.31. The van der Waals surface area contributed by atoms with Gasteiger partial charge in [0.05, 0.1) is 0 Å². The summed E-state index contributed by atoms with van der Waals surface area (Å²) < 4.78 is 1.99. The van der Waals surface area contributed by atoms with E-state index in [2.05, 4.69) is 23.9 Å². The van der Waals surface area contributed by atoms with Crippen LogP contribution in [0, 0.1) is 11.8 Å². The summed E-state index contributed by atoms with van der Waals surface area (Å²) in [7, 11) is 0. The van der Waals surface area contributed by atoms with E-state index in [9.17, 15) is 0 Å². The van der Waals surface area contributed by atoms with E-state index in [1.807, 2.05) is 4.68 Å². The van der Waals surface area contributed by atoms with Gasteiger partial charge in [-0.1, -0.05) is 13.8 Å². The molecule has 1 saturated carbocycles. The number of hydrogen-bond acceptors (Lipinski definition) is 3. The molecule has 2 N–H and O–H groups in total. The van der Waals surface area contributed by atoms with Crippen LogP contribution < -0.4 is 5.73 Å². The molecule has 1 aromatic rings. The quantitative estimate of drug-likeness (QED) is 0.791. The molecule has 15 heavy (non-hydrogen) atoms. The van der Waals surface area contributed by atoms with Crippen molar-refractivity contribution in [3.63, 3.8) is 0 Å². The molecular weight excluding hydrogens is 188 g/mol. The molecule has 4 nitrogen and oxygen atoms in total. The maximum Gasteiger partial charge on any atom is 0.138 e. The third-order valence-electron chi connectivity index (χ3n) is 2.88. The van der Waals surface area contributed by atoms with E-state index >= 15 is 0 Å². The number of nitrogens with two attached hydrogens (primary N) is 1. The van der Waals surface area contributed by atoms with Crippen LogP contribution in [0.3, 0.4) is 0 Å². The standard InChI is InChI=1S/C11H20N4/c1-8(2)6-15-11(13-7-14-15)5-10(12)9-3-4-9/h7-10H,3-6,12H2,1-2H3. The molecular formula is C11H20N4. The van der Waals surface area contributed by atoms with Gasteiger partial charge in [0.25, 0.3) is 0 Å². The molecule has 1 fully saturated rings. The first kappa shape index (κ1) is 10.6. The first-order chi connectivity index (χ1) is 7.16. The normalized spacial score (nSPS) is 18.4. The maximum atomic E-state index is 6.09. The van der Waals surface area contributed by atoms with E-state index in [1.165, 1.54) is 12.8 Å². The predicted octanol–water partition coefficient (Wildman–Crippen LogP) is 1.21. The highest BCUT2D eigenvalue weighted by molar-refractivity contribution is 4.94. The third-order valence-corrected chi connectivity index (χ3v) is 2.88. The molecule has 0 aromatic carbocycles. The van der Waals surface area contributed by atoms with Crippen LogP contribution >= 0.6 is 0 Å². The molecule has 1 aliphatic carbocycles. The van der Waals surface area contributed by atoms with Gasteiger partial charge in [0.1, 0.15) is 12.2 Å². The van der Waals surface area contributed by atoms with Gasteiger partial charge in [-0.2, -0.15) is 5.10 Å². The Morgan fingerprint density at radius 1 is 1.53 bits per heavy atom. The van der Waals surface area contributed by atoms with Gasteiger partial charge in [-0.15, -0.1) is 0 Å². The Balaban J connectivity index is 1.97. The highest BCUT2D eigenvalue weighted by Gasteiger charge is 2.29. The smallest absolute Gasteiger partial charge is 0.138 e. The molecule has 0 spiro atoms. The van der Waals surface area contributed by atoms with Gasteiger partial charge < -0.3 is 5.73 Å². The molecule has 1 heterocycles. The second-order valence-electron chi connectivity index (χ2n) is 4.96. The van der Waals surface area contributed by atoms with Gasteiger partial charge in [0, 0.05) is 19.0 Å². The Morgan fingerprint density at radius 3 is 2.87 bits per heavy atom. The van der Waals surface area contributed by atoms with Crippen LogP contribution in [0.2, 0.25) is 0 Å². The molecule has 2 rings (SSSR count). The molecule has 0 aliphatic heterocycles. The van der Waals surface area contributed by atoms with Crippen LogP contribution in [0.15, 0.2) is 6.33 Å². The topological polar surface area (TPSA) is 56.7 Å². The molecule has 1 unspecified atom stereocenters. The van der Waals surface area contributed by atoms with Crippen molar-refractivity contribution in [2.75, 3.05) is 0 Å². The van der Waals surface area contributed by atoms with Crippen LogP contribution in [0.1, 0.15) is 32.5 Å². The summed E-state index contributed by atoms with van der Waals surface area (Å²) in [5.74, 6) is 2.37. The minimum atomic E-state index is 0.278. The highest BCUT2D eigenvalue weighted by Crippen LogP contribution is 2.32. The average Bonchev–Trinajstić information content (AvgIpc) is 2.92. The van der Waals surface area contributed by atoms with Crippen molar-refractivity contribution in [1.29, 1.82) is 0 Å². The zero-order chi connectivity index (χ0) is 10.8. The molecule has 0 saturated heterocycles. The second-order valence-corrected chi connectivity index (χ2v) is 4.96. The molecule has 0 amide bonds. The fraction of sp³-hybridized carbons (Fsp3) is 0.818. The fourth-order valence-corrected chi connectivity index (χ4v) is 1.85. The number of hydrogen-bond donors (Lipinski definition) is 1. The molecule has 4 heteroatoms. The van der Waals surface area contributed by atoms with Crippen LogP contribution in [0.5, 0.6) is 0 Å². The lowest BCUT2D eigenvalue weighted by atomic mass is 10.1. The lowest BCUT2D eigenvalue weighted by Gasteiger charge is -2.12. The molecule has 0 radical (unpaired) electrons. The molecule has 84 valence electrons. The number of aromatic nitrogens is 3. The van der Waals surface area contributed by atoms with Gasteiger partial charge in [-0.25, -0.2) is 9.67 Å². The van der Waals surface area contributed by atoms with Crippen molar-refractivity contribution in [2.45, 2.75) is 45.7 Å². The third kappa shape index (κ3) is 2.78. The SMILES string of the molecule is CC(C)Cn1ncnc1CC(N)C1CC1. The van der Waals surface area contributed by atoms with Gasteiger partial charge >= 0.3 is 0 Å². The van der Waals surface area contributed by atoms with E-state index in [0.29, 0.717) is 5.92 Å². The van der Waals surface area contributed by atoms with E-state index in [0.717, 1.165) is 24.7 Å². The molecule has 0 bridgehead atoms. The van der Waals surface area contributed by atoms with Crippen molar-refractivity contribution in [3.8, 4) is 0 Å². The first-order valence-electron chi connectivity index (χ1n) is 5.79. The summed E-state index contributed by atoms with van der Waals surface area (Å²) in [6, 6.07) is 0.278. The lowest BCUT2D eigenvalue weighted by molar-refractivity contribution is 0.452. The largest absolute Gasteiger partial charge is 0.327 e. The summed E-state index contributed by atoms with van der Waals surface area (Å²) in [5, 5.41) is 4.24. The van der Waals surface area contributed by atoms with Crippen molar-refractivity contribution >= 4 is 0 Å². The summed E-state index contributed by atoms with van der Waals surface area (Å²) >= 11 is 0. The molecule has 1 aromatic heterocycles. The Bertz CT molecular complexity index is 314. The number of rotatable bonds is 5.